The zero-order valence-electron chi connectivity index (χ0n) is 21.1. The molecule has 6 atom stereocenters. The van der Waals surface area contributed by atoms with Crippen molar-refractivity contribution in [2.75, 3.05) is 6.61 Å². The van der Waals surface area contributed by atoms with Gasteiger partial charge in [-0.1, -0.05) is 23.3 Å². The van der Waals surface area contributed by atoms with Gasteiger partial charge >= 0.3 is 19.4 Å². The van der Waals surface area contributed by atoms with Gasteiger partial charge in [0.05, 0.1) is 18.8 Å². The van der Waals surface area contributed by atoms with E-state index in [4.69, 9.17) is 24.1 Å². The lowest BCUT2D eigenvalue weighted by Crippen LogP contribution is -2.38. The van der Waals surface area contributed by atoms with E-state index in [1.807, 2.05) is 0 Å². The predicted octanol–water partition coefficient (Wildman–Crippen LogP) is 1.92. The minimum atomic E-state index is -4.29. The Morgan fingerprint density at radius 1 is 1.32 bits per heavy atom. The van der Waals surface area contributed by atoms with Crippen LogP contribution in [0, 0.1) is 6.92 Å². The third kappa shape index (κ3) is 7.10. The summed E-state index contributed by atoms with van der Waals surface area (Å²) in [4.78, 5) is 41.3. The van der Waals surface area contributed by atoms with Gasteiger partial charge in [0.1, 0.15) is 30.2 Å². The Morgan fingerprint density at radius 3 is 2.63 bits per heavy atom. The molecule has 0 bridgehead atoms. The molecule has 0 saturated carbocycles. The Bertz CT molecular complexity index is 1340. The van der Waals surface area contributed by atoms with E-state index in [1.54, 1.807) is 32.0 Å². The SMILES string of the molecule is Cc1cn([C@@H]2O[C@H](COP(=O)(N[C@H](C)C(=O)OC(C)C)Oc3ccccc3)[C@@H](O)[C@H]2N=[N+]=[N-])c(=O)[nH]c1=O. The highest BCUT2D eigenvalue weighted by atomic mass is 31.2. The van der Waals surface area contributed by atoms with Crippen LogP contribution in [0.15, 0.2) is 51.2 Å². The number of ether oxygens (including phenoxy) is 2. The van der Waals surface area contributed by atoms with E-state index in [9.17, 15) is 24.1 Å². The van der Waals surface area contributed by atoms with E-state index in [0.717, 1.165) is 4.57 Å². The summed E-state index contributed by atoms with van der Waals surface area (Å²) in [6, 6.07) is 5.64. The minimum absolute atomic E-state index is 0.167. The lowest BCUT2D eigenvalue weighted by Gasteiger charge is -2.25. The molecular formula is C22H29N6O9P. The molecule has 3 N–H and O–H groups in total. The van der Waals surface area contributed by atoms with Crippen molar-refractivity contribution in [3.8, 4) is 5.75 Å². The second-order valence-electron chi connectivity index (χ2n) is 8.76. The van der Waals surface area contributed by atoms with Gasteiger partial charge in [-0.3, -0.25) is 23.7 Å². The third-order valence-electron chi connectivity index (χ3n) is 5.38. The van der Waals surface area contributed by atoms with Gasteiger partial charge in [0, 0.05) is 16.7 Å². The van der Waals surface area contributed by atoms with Crippen LogP contribution >= 0.6 is 7.75 Å². The number of aromatic amines is 1. The molecule has 0 aliphatic carbocycles. The first-order valence-corrected chi connectivity index (χ1v) is 13.2. The van der Waals surface area contributed by atoms with Gasteiger partial charge in [0.25, 0.3) is 5.56 Å². The number of aliphatic hydroxyl groups excluding tert-OH is 1. The van der Waals surface area contributed by atoms with Crippen LogP contribution in [0.2, 0.25) is 0 Å². The number of nitrogens with zero attached hydrogens (tertiary/aromatic N) is 4. The molecule has 0 amide bonds. The first kappa shape index (κ1) is 29.1. The number of esters is 1. The minimum Gasteiger partial charge on any atom is -0.462 e. The summed E-state index contributed by atoms with van der Waals surface area (Å²) in [6.45, 7) is 5.62. The van der Waals surface area contributed by atoms with Crippen molar-refractivity contribution in [1.29, 1.82) is 0 Å². The molecule has 1 aromatic heterocycles. The van der Waals surface area contributed by atoms with Crippen molar-refractivity contribution in [2.45, 2.75) is 64.3 Å². The summed E-state index contributed by atoms with van der Waals surface area (Å²) >= 11 is 0. The number of aryl methyl sites for hydroxylation is 1. The molecular weight excluding hydrogens is 523 g/mol. The number of para-hydroxylation sites is 1. The highest BCUT2D eigenvalue weighted by molar-refractivity contribution is 7.52. The van der Waals surface area contributed by atoms with Gasteiger partial charge in [-0.15, -0.1) is 0 Å². The highest BCUT2D eigenvalue weighted by Gasteiger charge is 2.46. The average molecular weight is 552 g/mol. The Hall–Kier alpha value is -3.45. The number of hydrogen-bond donors (Lipinski definition) is 3. The van der Waals surface area contributed by atoms with Gasteiger partial charge < -0.3 is 19.1 Å². The smallest absolute Gasteiger partial charge is 0.459 e. The Labute approximate surface area is 216 Å². The van der Waals surface area contributed by atoms with Crippen LogP contribution in [0.5, 0.6) is 5.75 Å². The van der Waals surface area contributed by atoms with E-state index < -0.39 is 68.2 Å². The topological polar surface area (TPSA) is 207 Å². The molecule has 2 heterocycles. The maximum Gasteiger partial charge on any atom is 0.459 e. The summed E-state index contributed by atoms with van der Waals surface area (Å²) in [5.74, 6) is -0.533. The van der Waals surface area contributed by atoms with Crippen molar-refractivity contribution in [3.05, 3.63) is 73.4 Å². The van der Waals surface area contributed by atoms with Crippen LogP contribution < -0.4 is 20.9 Å². The molecule has 2 aromatic rings. The number of carbonyl (C=O) groups is 1. The van der Waals surface area contributed by atoms with E-state index in [-0.39, 0.29) is 11.3 Å². The van der Waals surface area contributed by atoms with Gasteiger partial charge in [-0.2, -0.15) is 5.09 Å². The average Bonchev–Trinajstić information content (AvgIpc) is 3.15. The van der Waals surface area contributed by atoms with Crippen LogP contribution in [0.1, 0.15) is 32.6 Å². The first-order valence-electron chi connectivity index (χ1n) is 11.6. The Morgan fingerprint density at radius 2 is 2.00 bits per heavy atom. The number of aliphatic hydroxyl groups is 1. The summed E-state index contributed by atoms with van der Waals surface area (Å²) in [7, 11) is -4.29. The lowest BCUT2D eigenvalue weighted by molar-refractivity contribution is -0.149. The normalized spacial score (nSPS) is 23.3. The molecule has 206 valence electrons. The molecule has 0 spiro atoms. The van der Waals surface area contributed by atoms with Crippen LogP contribution in [0.3, 0.4) is 0 Å². The standard InChI is InChI=1S/C22H29N6O9P/c1-12(2)35-21(31)14(4)26-38(33,37-15-8-6-5-7-9-15)34-11-16-18(29)17(25-27-23)20(36-16)28-10-13(3)19(30)24-22(28)32/h5-10,12,14,16-18,20,29H,11H2,1-4H3,(H,26,33)(H,24,30,32)/t14-,16-,17-,18-,20-,38?/m1/s1. The van der Waals surface area contributed by atoms with Crippen molar-refractivity contribution >= 4 is 13.7 Å². The number of benzene rings is 1. The molecule has 1 aliphatic heterocycles. The van der Waals surface area contributed by atoms with Crippen LogP contribution in [0.4, 0.5) is 0 Å². The number of carbonyl (C=O) groups excluding carboxylic acids is 1. The number of nitrogens with one attached hydrogen (secondary N) is 2. The predicted molar refractivity (Wildman–Crippen MR) is 133 cm³/mol. The van der Waals surface area contributed by atoms with Crippen molar-refractivity contribution in [2.24, 2.45) is 5.11 Å². The monoisotopic (exact) mass is 552 g/mol. The highest BCUT2D eigenvalue weighted by Crippen LogP contribution is 2.46. The molecule has 16 heteroatoms. The van der Waals surface area contributed by atoms with Crippen LogP contribution in [-0.2, 0) is 23.4 Å². The van der Waals surface area contributed by atoms with Crippen molar-refractivity contribution in [1.82, 2.24) is 14.6 Å². The number of hydrogen-bond acceptors (Lipinski definition) is 10. The molecule has 3 rings (SSSR count). The van der Waals surface area contributed by atoms with Crippen LogP contribution in [-0.4, -0.2) is 57.6 Å². The summed E-state index contributed by atoms with van der Waals surface area (Å²) in [6.07, 6.45) is -3.27. The van der Waals surface area contributed by atoms with E-state index in [0.29, 0.717) is 0 Å². The van der Waals surface area contributed by atoms with Gasteiger partial charge in [-0.05, 0) is 45.4 Å². The van der Waals surface area contributed by atoms with Crippen molar-refractivity contribution in [3.63, 3.8) is 0 Å². The van der Waals surface area contributed by atoms with Crippen molar-refractivity contribution < 1.29 is 33.0 Å². The second kappa shape index (κ2) is 12.4. The second-order valence-corrected chi connectivity index (χ2v) is 10.5. The molecule has 1 aromatic carbocycles. The van der Waals surface area contributed by atoms with Gasteiger partial charge in [0.15, 0.2) is 0 Å². The lowest BCUT2D eigenvalue weighted by atomic mass is 10.1. The van der Waals surface area contributed by atoms with Crippen LogP contribution in [0.25, 0.3) is 10.4 Å². The molecule has 1 saturated heterocycles. The molecule has 0 radical (unpaired) electrons. The summed E-state index contributed by atoms with van der Waals surface area (Å²) in [5, 5.41) is 16.8. The first-order chi connectivity index (χ1) is 17.9. The maximum absolute atomic E-state index is 13.7. The van der Waals surface area contributed by atoms with E-state index in [1.165, 1.54) is 32.2 Å². The van der Waals surface area contributed by atoms with E-state index in [2.05, 4.69) is 20.1 Å². The summed E-state index contributed by atoms with van der Waals surface area (Å²) in [5.41, 5.74) is 7.71. The molecule has 1 aliphatic rings. The zero-order valence-corrected chi connectivity index (χ0v) is 22.0. The quantitative estimate of drug-likeness (QED) is 0.121. The fraction of sp³-hybridized carbons (Fsp3) is 0.500. The molecule has 15 nitrogen and oxygen atoms in total. The van der Waals surface area contributed by atoms with E-state index >= 15 is 0 Å². The van der Waals surface area contributed by atoms with Gasteiger partial charge in [0.2, 0.25) is 0 Å². The fourth-order valence-corrected chi connectivity index (χ4v) is 5.06. The number of aromatic nitrogens is 2. The molecule has 1 unspecified atom stereocenters. The fourth-order valence-electron chi connectivity index (χ4n) is 3.56. The number of rotatable bonds is 11. The number of H-pyrrole nitrogens is 1. The zero-order chi connectivity index (χ0) is 28.0. The molecule has 1 fully saturated rings. The summed E-state index contributed by atoms with van der Waals surface area (Å²) < 4.78 is 36.6. The number of azide groups is 1. The molecule has 38 heavy (non-hydrogen) atoms. The largest absolute Gasteiger partial charge is 0.462 e. The third-order valence-corrected chi connectivity index (χ3v) is 7.02. The maximum atomic E-state index is 13.7. The van der Waals surface area contributed by atoms with Gasteiger partial charge in [-0.25, -0.2) is 9.36 Å². The Kier molecular flexibility index (Phi) is 9.50. The Balaban J connectivity index is 1.84.